The van der Waals surface area contributed by atoms with E-state index in [0.717, 1.165) is 70.6 Å². The lowest BCUT2D eigenvalue weighted by Gasteiger charge is -2.38. The van der Waals surface area contributed by atoms with E-state index in [1.165, 1.54) is 25.7 Å². The van der Waals surface area contributed by atoms with Gasteiger partial charge in [0.1, 0.15) is 0 Å². The summed E-state index contributed by atoms with van der Waals surface area (Å²) in [7, 11) is 0. The zero-order chi connectivity index (χ0) is 27.4. The third kappa shape index (κ3) is 10.9. The summed E-state index contributed by atoms with van der Waals surface area (Å²) in [6, 6.07) is 0. The second-order valence-corrected chi connectivity index (χ2v) is 10.9. The zero-order valence-corrected chi connectivity index (χ0v) is 24.5. The molecular formula is C33H56O4. The molecule has 4 heteroatoms. The van der Waals surface area contributed by atoms with Gasteiger partial charge < -0.3 is 4.74 Å². The van der Waals surface area contributed by atoms with E-state index in [-0.39, 0.29) is 42.9 Å². The summed E-state index contributed by atoms with van der Waals surface area (Å²) in [6.07, 6.45) is 26.2. The quantitative estimate of drug-likeness (QED) is 0.0623. The predicted molar refractivity (Wildman–Crippen MR) is 154 cm³/mol. The maximum Gasteiger partial charge on any atom is 0.327 e. The molecule has 0 heterocycles. The van der Waals surface area contributed by atoms with E-state index in [9.17, 15) is 14.4 Å². The number of hydrogen-bond donors (Lipinski definition) is 0. The minimum Gasteiger partial charge on any atom is -0.465 e. The number of ether oxygens (including phenoxy) is 1. The van der Waals surface area contributed by atoms with Crippen molar-refractivity contribution in [3.8, 4) is 0 Å². The van der Waals surface area contributed by atoms with Gasteiger partial charge in [0.15, 0.2) is 17.0 Å². The van der Waals surface area contributed by atoms with Crippen molar-refractivity contribution >= 4 is 17.5 Å². The topological polar surface area (TPSA) is 60.4 Å². The number of Topliss-reactive ketones (excluding diaryl/α,β-unsaturated/α-hetero) is 2. The van der Waals surface area contributed by atoms with E-state index in [4.69, 9.17) is 4.74 Å². The number of carbonyl (C=O) groups excluding carboxylic acids is 3. The molecule has 2 unspecified atom stereocenters. The Labute approximate surface area is 228 Å². The summed E-state index contributed by atoms with van der Waals surface area (Å²) in [5.74, 6) is -0.997. The van der Waals surface area contributed by atoms with Gasteiger partial charge in [-0.15, -0.1) is 0 Å². The standard InChI is InChI=1S/C33H56O4/c1-5-9-11-12-13-14-15-16-17-18-19-20-22-24-29(28(8-4)23-21-10-6-2)33(32(36)37-27-7-3)30(34)25-26-31(33)35/h13-14,16-17,28-29H,5-12,15,18-27H2,1-4H3/b14-13-,17-16-. The van der Waals surface area contributed by atoms with Crippen molar-refractivity contribution in [3.05, 3.63) is 24.3 Å². The molecule has 0 saturated heterocycles. The molecule has 1 rings (SSSR count). The van der Waals surface area contributed by atoms with Crippen LogP contribution in [0.1, 0.15) is 143 Å². The monoisotopic (exact) mass is 516 g/mol. The SMILES string of the molecule is CCCCC/C=C\C/C=C\CCCCCC(C(CC)CCCCC)C1(C(=O)OCCC)C(=O)CCC1=O. The Morgan fingerprint density at radius 3 is 1.89 bits per heavy atom. The minimum absolute atomic E-state index is 0.180. The van der Waals surface area contributed by atoms with Crippen LogP contribution in [0.15, 0.2) is 24.3 Å². The average molecular weight is 517 g/mol. The Bertz CT molecular complexity index is 689. The van der Waals surface area contributed by atoms with E-state index < -0.39 is 11.4 Å². The van der Waals surface area contributed by atoms with Crippen molar-refractivity contribution in [3.63, 3.8) is 0 Å². The van der Waals surface area contributed by atoms with Crippen LogP contribution in [0.25, 0.3) is 0 Å². The van der Waals surface area contributed by atoms with Gasteiger partial charge in [-0.2, -0.15) is 0 Å². The lowest BCUT2D eigenvalue weighted by molar-refractivity contribution is -0.168. The van der Waals surface area contributed by atoms with Crippen LogP contribution in [0.5, 0.6) is 0 Å². The molecule has 0 bridgehead atoms. The molecule has 4 nitrogen and oxygen atoms in total. The van der Waals surface area contributed by atoms with Crippen LogP contribution in [-0.2, 0) is 19.1 Å². The number of allylic oxidation sites excluding steroid dienone is 4. The highest BCUT2D eigenvalue weighted by Gasteiger charge is 2.62. The van der Waals surface area contributed by atoms with Gasteiger partial charge in [0, 0.05) is 12.8 Å². The van der Waals surface area contributed by atoms with Crippen LogP contribution >= 0.6 is 0 Å². The molecular weight excluding hydrogens is 460 g/mol. The molecule has 1 saturated carbocycles. The van der Waals surface area contributed by atoms with Gasteiger partial charge in [-0.3, -0.25) is 14.4 Å². The van der Waals surface area contributed by atoms with Gasteiger partial charge >= 0.3 is 5.97 Å². The van der Waals surface area contributed by atoms with Crippen molar-refractivity contribution < 1.29 is 19.1 Å². The Morgan fingerprint density at radius 1 is 0.757 bits per heavy atom. The fraction of sp³-hybridized carbons (Fsp3) is 0.788. The second-order valence-electron chi connectivity index (χ2n) is 10.9. The Balaban J connectivity index is 2.79. The Morgan fingerprint density at radius 2 is 1.32 bits per heavy atom. The van der Waals surface area contributed by atoms with E-state index in [2.05, 4.69) is 45.1 Å². The van der Waals surface area contributed by atoms with Gasteiger partial charge in [0.25, 0.3) is 0 Å². The fourth-order valence-corrected chi connectivity index (χ4v) is 5.85. The molecule has 212 valence electrons. The minimum atomic E-state index is -1.56. The molecule has 1 aliphatic carbocycles. The van der Waals surface area contributed by atoms with E-state index >= 15 is 0 Å². The van der Waals surface area contributed by atoms with Crippen molar-refractivity contribution in [2.24, 2.45) is 17.3 Å². The highest BCUT2D eigenvalue weighted by Crippen LogP contribution is 2.48. The molecule has 0 aromatic heterocycles. The van der Waals surface area contributed by atoms with Crippen LogP contribution in [0, 0.1) is 17.3 Å². The number of ketones is 2. The number of unbranched alkanes of at least 4 members (excludes halogenated alkanes) is 8. The lowest BCUT2D eigenvalue weighted by Crippen LogP contribution is -2.51. The molecule has 2 atom stereocenters. The maximum absolute atomic E-state index is 13.4. The van der Waals surface area contributed by atoms with Crippen molar-refractivity contribution in [1.82, 2.24) is 0 Å². The maximum atomic E-state index is 13.4. The summed E-state index contributed by atoms with van der Waals surface area (Å²) in [4.78, 5) is 40.0. The number of esters is 1. The third-order valence-corrected chi connectivity index (χ3v) is 8.01. The summed E-state index contributed by atoms with van der Waals surface area (Å²) in [5, 5.41) is 0. The molecule has 0 N–H and O–H groups in total. The first-order valence-electron chi connectivity index (χ1n) is 15.5. The predicted octanol–water partition coefficient (Wildman–Crippen LogP) is 9.11. The van der Waals surface area contributed by atoms with Crippen molar-refractivity contribution in [2.45, 2.75) is 143 Å². The zero-order valence-electron chi connectivity index (χ0n) is 24.5. The number of hydrogen-bond acceptors (Lipinski definition) is 4. The van der Waals surface area contributed by atoms with E-state index in [1.54, 1.807) is 0 Å². The molecule has 0 amide bonds. The molecule has 0 aromatic carbocycles. The largest absolute Gasteiger partial charge is 0.465 e. The van der Waals surface area contributed by atoms with Gasteiger partial charge in [0.2, 0.25) is 0 Å². The van der Waals surface area contributed by atoms with E-state index in [0.29, 0.717) is 6.42 Å². The van der Waals surface area contributed by atoms with Crippen LogP contribution < -0.4 is 0 Å². The molecule has 0 aliphatic heterocycles. The summed E-state index contributed by atoms with van der Waals surface area (Å²) in [6.45, 7) is 8.76. The van der Waals surface area contributed by atoms with Crippen LogP contribution in [0.3, 0.4) is 0 Å². The van der Waals surface area contributed by atoms with Crippen molar-refractivity contribution in [2.75, 3.05) is 6.61 Å². The lowest BCUT2D eigenvalue weighted by atomic mass is 9.63. The number of rotatable bonds is 22. The summed E-state index contributed by atoms with van der Waals surface area (Å²) < 4.78 is 5.54. The molecule has 0 aromatic rings. The average Bonchev–Trinajstić information content (AvgIpc) is 3.20. The van der Waals surface area contributed by atoms with Crippen LogP contribution in [0.2, 0.25) is 0 Å². The molecule has 1 fully saturated rings. The van der Waals surface area contributed by atoms with Crippen molar-refractivity contribution in [1.29, 1.82) is 0 Å². The number of carbonyl (C=O) groups is 3. The first kappa shape index (κ1) is 33.3. The Kier molecular flexibility index (Phi) is 18.3. The van der Waals surface area contributed by atoms with Crippen LogP contribution in [0.4, 0.5) is 0 Å². The highest BCUT2D eigenvalue weighted by molar-refractivity contribution is 6.26. The summed E-state index contributed by atoms with van der Waals surface area (Å²) >= 11 is 0. The summed E-state index contributed by atoms with van der Waals surface area (Å²) in [5.41, 5.74) is -1.56. The smallest absolute Gasteiger partial charge is 0.327 e. The normalized spacial score (nSPS) is 17.2. The first-order chi connectivity index (χ1) is 18.0. The first-order valence-corrected chi connectivity index (χ1v) is 15.5. The fourth-order valence-electron chi connectivity index (χ4n) is 5.85. The molecule has 0 radical (unpaired) electrons. The molecule has 37 heavy (non-hydrogen) atoms. The highest BCUT2D eigenvalue weighted by atomic mass is 16.5. The Hall–Kier alpha value is -1.71. The van der Waals surface area contributed by atoms with Gasteiger partial charge in [-0.1, -0.05) is 110 Å². The third-order valence-electron chi connectivity index (χ3n) is 8.01. The van der Waals surface area contributed by atoms with Gasteiger partial charge in [-0.25, -0.2) is 0 Å². The van der Waals surface area contributed by atoms with Gasteiger partial charge in [0.05, 0.1) is 6.61 Å². The second kappa shape index (κ2) is 20.3. The molecule has 0 spiro atoms. The van der Waals surface area contributed by atoms with Gasteiger partial charge in [-0.05, 0) is 56.8 Å². The molecule has 1 aliphatic rings. The van der Waals surface area contributed by atoms with Crippen LogP contribution in [-0.4, -0.2) is 24.1 Å². The van der Waals surface area contributed by atoms with E-state index in [1.807, 2.05) is 6.92 Å².